The molecular weight excluding hydrogens is 232 g/mol. The van der Waals surface area contributed by atoms with Crippen LogP contribution in [0.5, 0.6) is 5.75 Å². The second-order valence-corrected chi connectivity index (χ2v) is 4.62. The van der Waals surface area contributed by atoms with Gasteiger partial charge in [0, 0.05) is 0 Å². The van der Waals surface area contributed by atoms with Crippen LogP contribution in [0.2, 0.25) is 0 Å². The van der Waals surface area contributed by atoms with Crippen LogP contribution >= 0.6 is 0 Å². The van der Waals surface area contributed by atoms with Gasteiger partial charge in [-0.05, 0) is 36.1 Å². The van der Waals surface area contributed by atoms with Crippen molar-refractivity contribution in [2.75, 3.05) is 6.61 Å². The molecule has 2 rings (SSSR count). The van der Waals surface area contributed by atoms with Crippen LogP contribution in [0.25, 0.3) is 0 Å². The van der Waals surface area contributed by atoms with Crippen molar-refractivity contribution < 1.29 is 4.74 Å². The van der Waals surface area contributed by atoms with E-state index in [4.69, 9.17) is 4.74 Å². The van der Waals surface area contributed by atoms with Crippen molar-refractivity contribution in [1.82, 2.24) is 0 Å². The number of hydrogen-bond acceptors (Lipinski definition) is 1. The minimum Gasteiger partial charge on any atom is -0.489 e. The Labute approximate surface area is 115 Å². The molecule has 0 aromatic heterocycles. The van der Waals surface area contributed by atoms with Gasteiger partial charge in [0.1, 0.15) is 12.4 Å². The second kappa shape index (κ2) is 6.79. The molecule has 0 saturated heterocycles. The molecular formula is C18H20O. The van der Waals surface area contributed by atoms with Crippen LogP contribution in [-0.4, -0.2) is 6.61 Å². The molecule has 19 heavy (non-hydrogen) atoms. The summed E-state index contributed by atoms with van der Waals surface area (Å²) in [6, 6.07) is 6.39. The summed E-state index contributed by atoms with van der Waals surface area (Å²) in [7, 11) is 0. The minimum absolute atomic E-state index is 0.602. The molecule has 0 fully saturated rings. The van der Waals surface area contributed by atoms with Gasteiger partial charge >= 0.3 is 0 Å². The van der Waals surface area contributed by atoms with Crippen molar-refractivity contribution in [3.05, 3.63) is 77.4 Å². The molecule has 1 aromatic rings. The van der Waals surface area contributed by atoms with E-state index in [-0.39, 0.29) is 0 Å². The SMILES string of the molecule is CCc1ccc(C)cc1OCC1=CC=CC=CC=C1. The minimum atomic E-state index is 0.602. The van der Waals surface area contributed by atoms with E-state index in [2.05, 4.69) is 44.2 Å². The maximum Gasteiger partial charge on any atom is 0.123 e. The summed E-state index contributed by atoms with van der Waals surface area (Å²) >= 11 is 0. The first kappa shape index (κ1) is 13.4. The summed E-state index contributed by atoms with van der Waals surface area (Å²) in [6.45, 7) is 4.85. The van der Waals surface area contributed by atoms with E-state index in [0.717, 1.165) is 12.2 Å². The summed E-state index contributed by atoms with van der Waals surface area (Å²) in [5.41, 5.74) is 3.66. The Bertz CT molecular complexity index is 545. The largest absolute Gasteiger partial charge is 0.489 e. The first-order chi connectivity index (χ1) is 9.29. The monoisotopic (exact) mass is 252 g/mol. The zero-order valence-electron chi connectivity index (χ0n) is 11.6. The maximum atomic E-state index is 5.97. The molecule has 1 aromatic carbocycles. The van der Waals surface area contributed by atoms with Crippen LogP contribution in [0.15, 0.2) is 66.3 Å². The van der Waals surface area contributed by atoms with Crippen LogP contribution < -0.4 is 4.74 Å². The molecule has 1 heteroatoms. The van der Waals surface area contributed by atoms with Crippen molar-refractivity contribution >= 4 is 0 Å². The second-order valence-electron chi connectivity index (χ2n) is 4.62. The van der Waals surface area contributed by atoms with Crippen molar-refractivity contribution in [2.24, 2.45) is 0 Å². The first-order valence-corrected chi connectivity index (χ1v) is 6.72. The predicted molar refractivity (Wildman–Crippen MR) is 81.6 cm³/mol. The van der Waals surface area contributed by atoms with E-state index >= 15 is 0 Å². The molecule has 0 saturated carbocycles. The molecule has 1 aliphatic rings. The van der Waals surface area contributed by atoms with Crippen LogP contribution in [0.4, 0.5) is 0 Å². The smallest absolute Gasteiger partial charge is 0.123 e. The average Bonchev–Trinajstić information content (AvgIpc) is 2.37. The van der Waals surface area contributed by atoms with Gasteiger partial charge in [0.15, 0.2) is 0 Å². The lowest BCUT2D eigenvalue weighted by Gasteiger charge is -2.12. The number of rotatable bonds is 4. The quantitative estimate of drug-likeness (QED) is 0.764. The molecule has 0 N–H and O–H groups in total. The number of ether oxygens (including phenoxy) is 1. The van der Waals surface area contributed by atoms with Gasteiger partial charge < -0.3 is 4.74 Å². The highest BCUT2D eigenvalue weighted by Gasteiger charge is 2.03. The van der Waals surface area contributed by atoms with Crippen molar-refractivity contribution in [2.45, 2.75) is 20.3 Å². The van der Waals surface area contributed by atoms with Crippen molar-refractivity contribution in [1.29, 1.82) is 0 Å². The summed E-state index contributed by atoms with van der Waals surface area (Å²) in [4.78, 5) is 0. The molecule has 1 aliphatic carbocycles. The first-order valence-electron chi connectivity index (χ1n) is 6.72. The molecule has 0 spiro atoms. The molecule has 0 bridgehead atoms. The summed E-state index contributed by atoms with van der Waals surface area (Å²) in [5.74, 6) is 0.999. The number of hydrogen-bond donors (Lipinski definition) is 0. The van der Waals surface area contributed by atoms with E-state index < -0.39 is 0 Å². The fraction of sp³-hybridized carbons (Fsp3) is 0.222. The number of aryl methyl sites for hydroxylation is 2. The fourth-order valence-corrected chi connectivity index (χ4v) is 1.95. The molecule has 98 valence electrons. The van der Waals surface area contributed by atoms with Gasteiger partial charge in [-0.25, -0.2) is 0 Å². The Hall–Kier alpha value is -2.02. The summed E-state index contributed by atoms with van der Waals surface area (Å²) in [6.07, 6.45) is 15.3. The van der Waals surface area contributed by atoms with Gasteiger partial charge in [-0.2, -0.15) is 0 Å². The third-order valence-corrected chi connectivity index (χ3v) is 3.06. The molecule has 0 amide bonds. The van der Waals surface area contributed by atoms with Gasteiger partial charge in [-0.3, -0.25) is 0 Å². The topological polar surface area (TPSA) is 9.23 Å². The lowest BCUT2D eigenvalue weighted by atomic mass is 10.1. The van der Waals surface area contributed by atoms with Crippen LogP contribution in [0.3, 0.4) is 0 Å². The highest BCUT2D eigenvalue weighted by atomic mass is 16.5. The normalized spacial score (nSPS) is 13.9. The van der Waals surface area contributed by atoms with E-state index in [9.17, 15) is 0 Å². The maximum absolute atomic E-state index is 5.97. The van der Waals surface area contributed by atoms with Crippen LogP contribution in [-0.2, 0) is 6.42 Å². The number of allylic oxidation sites excluding steroid dienone is 6. The highest BCUT2D eigenvalue weighted by Crippen LogP contribution is 2.21. The lowest BCUT2D eigenvalue weighted by Crippen LogP contribution is -2.02. The molecule has 0 heterocycles. The Morgan fingerprint density at radius 3 is 2.63 bits per heavy atom. The van der Waals surface area contributed by atoms with Gasteiger partial charge in [-0.1, -0.05) is 61.6 Å². The Balaban J connectivity index is 2.08. The van der Waals surface area contributed by atoms with E-state index in [1.54, 1.807) is 0 Å². The third-order valence-electron chi connectivity index (χ3n) is 3.06. The third kappa shape index (κ3) is 3.99. The fourth-order valence-electron chi connectivity index (χ4n) is 1.95. The zero-order chi connectivity index (χ0) is 13.5. The average molecular weight is 252 g/mol. The van der Waals surface area contributed by atoms with Gasteiger partial charge in [0.2, 0.25) is 0 Å². The van der Waals surface area contributed by atoms with E-state index in [1.165, 1.54) is 16.7 Å². The van der Waals surface area contributed by atoms with Gasteiger partial charge in [-0.15, -0.1) is 0 Å². The Morgan fingerprint density at radius 1 is 1.00 bits per heavy atom. The highest BCUT2D eigenvalue weighted by molar-refractivity contribution is 5.38. The Morgan fingerprint density at radius 2 is 1.79 bits per heavy atom. The van der Waals surface area contributed by atoms with Crippen molar-refractivity contribution in [3.8, 4) is 5.75 Å². The molecule has 0 aliphatic heterocycles. The molecule has 0 atom stereocenters. The lowest BCUT2D eigenvalue weighted by molar-refractivity contribution is 0.351. The Kier molecular flexibility index (Phi) is 4.79. The van der Waals surface area contributed by atoms with Crippen LogP contribution in [0, 0.1) is 6.92 Å². The van der Waals surface area contributed by atoms with Crippen LogP contribution in [0.1, 0.15) is 18.1 Å². The molecule has 1 nitrogen and oxygen atoms in total. The standard InChI is InChI=1S/C18H20O/c1-3-17-12-11-15(2)13-18(17)19-14-16-9-7-5-4-6-8-10-16/h4-13H,3,14H2,1-2H3. The zero-order valence-corrected chi connectivity index (χ0v) is 11.6. The summed E-state index contributed by atoms with van der Waals surface area (Å²) < 4.78 is 5.97. The van der Waals surface area contributed by atoms with Crippen molar-refractivity contribution in [3.63, 3.8) is 0 Å². The molecule has 0 unspecified atom stereocenters. The van der Waals surface area contributed by atoms with Gasteiger partial charge in [0.05, 0.1) is 0 Å². The summed E-state index contributed by atoms with van der Waals surface area (Å²) in [5, 5.41) is 0. The van der Waals surface area contributed by atoms with E-state index in [0.29, 0.717) is 6.61 Å². The molecule has 0 radical (unpaired) electrons. The van der Waals surface area contributed by atoms with Gasteiger partial charge in [0.25, 0.3) is 0 Å². The van der Waals surface area contributed by atoms with E-state index in [1.807, 2.05) is 30.4 Å². The predicted octanol–water partition coefficient (Wildman–Crippen LogP) is 4.54. The number of benzene rings is 1.